The number of imidazole rings is 1. The molecule has 2 aromatic carbocycles. The molecule has 1 aromatic heterocycles. The van der Waals surface area contributed by atoms with E-state index in [1.165, 1.54) is 19.3 Å². The zero-order valence-corrected chi connectivity index (χ0v) is 18.2. The Morgan fingerprint density at radius 2 is 1.97 bits per heavy atom. The minimum atomic E-state index is -0.190. The maximum Gasteiger partial charge on any atom is 0.260 e. The Morgan fingerprint density at radius 1 is 1.16 bits per heavy atom. The average molecular weight is 420 g/mol. The van der Waals surface area contributed by atoms with Crippen molar-refractivity contribution in [2.24, 2.45) is 5.10 Å². The van der Waals surface area contributed by atoms with Gasteiger partial charge >= 0.3 is 0 Å². The Hall–Kier alpha value is -3.19. The molecule has 7 heteroatoms. The lowest BCUT2D eigenvalue weighted by Crippen LogP contribution is -2.29. The van der Waals surface area contributed by atoms with E-state index in [4.69, 9.17) is 4.74 Å². The predicted molar refractivity (Wildman–Crippen MR) is 122 cm³/mol. The molecule has 1 aliphatic rings. The number of para-hydroxylation sites is 2. The highest BCUT2D eigenvalue weighted by Crippen LogP contribution is 2.23. The summed E-state index contributed by atoms with van der Waals surface area (Å²) in [5.41, 5.74) is 7.34. The van der Waals surface area contributed by atoms with E-state index < -0.39 is 0 Å². The normalized spacial score (nSPS) is 15.2. The summed E-state index contributed by atoms with van der Waals surface area (Å²) in [5, 5.41) is 4.33. The number of likely N-dealkylation sites (tertiary alicyclic amines) is 1. The van der Waals surface area contributed by atoms with E-state index >= 15 is 0 Å². The summed E-state index contributed by atoms with van der Waals surface area (Å²) in [6, 6.07) is 13.8. The van der Waals surface area contributed by atoms with Crippen molar-refractivity contribution >= 4 is 22.7 Å². The molecule has 2 heterocycles. The zero-order chi connectivity index (χ0) is 21.6. The van der Waals surface area contributed by atoms with E-state index in [9.17, 15) is 4.79 Å². The minimum Gasteiger partial charge on any atom is -0.496 e. The molecule has 1 aliphatic heterocycles. The van der Waals surface area contributed by atoms with Gasteiger partial charge in [-0.25, -0.2) is 10.4 Å². The standard InChI is InChI=1S/C24H29N5O2/c1-18(26-27-24(30)16-29-17-25-21-8-4-5-9-22(21)29)19-10-11-23(31-2)20(14-19)15-28-12-6-3-7-13-28/h4-5,8-11,14,17H,3,6-7,12-13,15-16H2,1-2H3,(H,27,30)/b26-18-. The van der Waals surface area contributed by atoms with Gasteiger partial charge in [0.25, 0.3) is 5.91 Å². The molecule has 162 valence electrons. The van der Waals surface area contributed by atoms with Gasteiger partial charge in [0.15, 0.2) is 0 Å². The zero-order valence-electron chi connectivity index (χ0n) is 18.2. The van der Waals surface area contributed by atoms with Crippen molar-refractivity contribution in [1.29, 1.82) is 0 Å². The van der Waals surface area contributed by atoms with Crippen LogP contribution in [-0.2, 0) is 17.9 Å². The molecule has 31 heavy (non-hydrogen) atoms. The Bertz CT molecular complexity index is 1080. The number of aromatic nitrogens is 2. The fraction of sp³-hybridized carbons (Fsp3) is 0.375. The molecule has 0 spiro atoms. The first kappa shape index (κ1) is 21.1. The number of fused-ring (bicyclic) bond motifs is 1. The molecule has 0 radical (unpaired) electrons. The molecule has 1 saturated heterocycles. The van der Waals surface area contributed by atoms with E-state index in [2.05, 4.69) is 26.5 Å². The van der Waals surface area contributed by atoms with Crippen molar-refractivity contribution < 1.29 is 9.53 Å². The first-order valence-electron chi connectivity index (χ1n) is 10.8. The van der Waals surface area contributed by atoms with Crippen LogP contribution in [0.3, 0.4) is 0 Å². The highest BCUT2D eigenvalue weighted by atomic mass is 16.5. The number of rotatable bonds is 7. The highest BCUT2D eigenvalue weighted by molar-refractivity contribution is 5.99. The number of carbonyl (C=O) groups excluding carboxylic acids is 1. The largest absolute Gasteiger partial charge is 0.496 e. The lowest BCUT2D eigenvalue weighted by atomic mass is 10.0. The summed E-state index contributed by atoms with van der Waals surface area (Å²) in [6.45, 7) is 5.18. The number of hydrogen-bond donors (Lipinski definition) is 1. The molecular formula is C24H29N5O2. The first-order valence-corrected chi connectivity index (χ1v) is 10.8. The summed E-state index contributed by atoms with van der Waals surface area (Å²) in [7, 11) is 1.70. The maximum absolute atomic E-state index is 12.4. The third kappa shape index (κ3) is 5.11. The van der Waals surface area contributed by atoms with Crippen molar-refractivity contribution in [3.05, 3.63) is 59.9 Å². The van der Waals surface area contributed by atoms with Crippen LogP contribution < -0.4 is 10.2 Å². The summed E-state index contributed by atoms with van der Waals surface area (Å²) in [4.78, 5) is 19.2. The van der Waals surface area contributed by atoms with Crippen molar-refractivity contribution in [3.63, 3.8) is 0 Å². The number of nitrogens with one attached hydrogen (secondary N) is 1. The second-order valence-corrected chi connectivity index (χ2v) is 7.96. The summed E-state index contributed by atoms with van der Waals surface area (Å²) >= 11 is 0. The summed E-state index contributed by atoms with van der Waals surface area (Å²) in [6.07, 6.45) is 5.49. The van der Waals surface area contributed by atoms with E-state index in [1.807, 2.05) is 47.9 Å². The van der Waals surface area contributed by atoms with E-state index in [0.29, 0.717) is 0 Å². The van der Waals surface area contributed by atoms with Crippen LogP contribution in [0, 0.1) is 0 Å². The van der Waals surface area contributed by atoms with Crippen molar-refractivity contribution in [3.8, 4) is 5.75 Å². The molecule has 1 amide bonds. The van der Waals surface area contributed by atoms with Crippen LogP contribution in [0.2, 0.25) is 0 Å². The second-order valence-electron chi connectivity index (χ2n) is 7.96. The Kier molecular flexibility index (Phi) is 6.62. The fourth-order valence-corrected chi connectivity index (χ4v) is 4.02. The van der Waals surface area contributed by atoms with E-state index in [1.54, 1.807) is 13.4 Å². The molecule has 1 fully saturated rings. The van der Waals surface area contributed by atoms with Gasteiger partial charge in [0, 0.05) is 12.1 Å². The quantitative estimate of drug-likeness (QED) is 0.469. The number of hydrazone groups is 1. The third-order valence-corrected chi connectivity index (χ3v) is 5.73. The van der Waals surface area contributed by atoms with Crippen molar-refractivity contribution in [2.75, 3.05) is 20.2 Å². The summed E-state index contributed by atoms with van der Waals surface area (Å²) in [5.74, 6) is 0.697. The van der Waals surface area contributed by atoms with Gasteiger partial charge in [0.05, 0.1) is 30.2 Å². The number of amides is 1. The van der Waals surface area contributed by atoms with Gasteiger partial charge in [-0.2, -0.15) is 5.10 Å². The fourth-order valence-electron chi connectivity index (χ4n) is 4.02. The van der Waals surface area contributed by atoms with Crippen LogP contribution in [0.25, 0.3) is 11.0 Å². The number of methoxy groups -OCH3 is 1. The molecule has 0 atom stereocenters. The molecule has 3 aromatic rings. The molecule has 4 rings (SSSR count). The van der Waals surface area contributed by atoms with Crippen LogP contribution in [0.5, 0.6) is 5.75 Å². The van der Waals surface area contributed by atoms with Gasteiger partial charge in [0.1, 0.15) is 12.3 Å². The third-order valence-electron chi connectivity index (χ3n) is 5.73. The number of carbonyl (C=O) groups is 1. The first-order chi connectivity index (χ1) is 15.1. The minimum absolute atomic E-state index is 0.167. The Labute approximate surface area is 182 Å². The van der Waals surface area contributed by atoms with Crippen molar-refractivity contribution in [1.82, 2.24) is 19.9 Å². The molecule has 7 nitrogen and oxygen atoms in total. The van der Waals surface area contributed by atoms with Gasteiger partial charge < -0.3 is 9.30 Å². The van der Waals surface area contributed by atoms with Gasteiger partial charge in [-0.05, 0) is 68.8 Å². The van der Waals surface area contributed by atoms with Gasteiger partial charge in [-0.1, -0.05) is 18.6 Å². The number of piperidine rings is 1. The Balaban J connectivity index is 1.43. The van der Waals surface area contributed by atoms with Gasteiger partial charge in [-0.15, -0.1) is 0 Å². The molecule has 0 unspecified atom stereocenters. The SMILES string of the molecule is COc1ccc(/C(C)=N\NC(=O)Cn2cnc3ccccc32)cc1CN1CCCCC1. The monoisotopic (exact) mass is 419 g/mol. The smallest absolute Gasteiger partial charge is 0.260 e. The second kappa shape index (κ2) is 9.75. The predicted octanol–water partition coefficient (Wildman–Crippen LogP) is 3.57. The highest BCUT2D eigenvalue weighted by Gasteiger charge is 2.14. The van der Waals surface area contributed by atoms with Gasteiger partial charge in [-0.3, -0.25) is 9.69 Å². The summed E-state index contributed by atoms with van der Waals surface area (Å²) < 4.78 is 7.39. The molecular weight excluding hydrogens is 390 g/mol. The van der Waals surface area contributed by atoms with Crippen LogP contribution in [0.1, 0.15) is 37.3 Å². The van der Waals surface area contributed by atoms with Crippen LogP contribution in [0.15, 0.2) is 53.9 Å². The molecule has 0 saturated carbocycles. The topological polar surface area (TPSA) is 71.7 Å². The van der Waals surface area contributed by atoms with Crippen molar-refractivity contribution in [2.45, 2.75) is 39.3 Å². The maximum atomic E-state index is 12.4. The molecule has 1 N–H and O–H groups in total. The number of benzene rings is 2. The number of ether oxygens (including phenoxy) is 1. The molecule has 0 aliphatic carbocycles. The molecule has 0 bridgehead atoms. The van der Waals surface area contributed by atoms with Crippen LogP contribution >= 0.6 is 0 Å². The van der Waals surface area contributed by atoms with Gasteiger partial charge in [0.2, 0.25) is 0 Å². The lowest BCUT2D eigenvalue weighted by molar-refractivity contribution is -0.121. The van der Waals surface area contributed by atoms with Crippen LogP contribution in [0.4, 0.5) is 0 Å². The van der Waals surface area contributed by atoms with E-state index in [-0.39, 0.29) is 12.5 Å². The lowest BCUT2D eigenvalue weighted by Gasteiger charge is -2.27. The van der Waals surface area contributed by atoms with E-state index in [0.717, 1.165) is 53.3 Å². The Morgan fingerprint density at radius 3 is 2.77 bits per heavy atom. The average Bonchev–Trinajstić information content (AvgIpc) is 3.21. The number of nitrogens with zero attached hydrogens (tertiary/aromatic N) is 4. The number of hydrogen-bond acceptors (Lipinski definition) is 5. The van der Waals surface area contributed by atoms with Crippen LogP contribution in [-0.4, -0.2) is 46.3 Å².